The highest BCUT2D eigenvalue weighted by atomic mass is 32.2. The van der Waals surface area contributed by atoms with Crippen molar-refractivity contribution in [3.8, 4) is 5.75 Å². The molecule has 2 nitrogen and oxygen atoms in total. The molecule has 0 aromatic heterocycles. The van der Waals surface area contributed by atoms with Gasteiger partial charge in [-0.05, 0) is 41.0 Å². The summed E-state index contributed by atoms with van der Waals surface area (Å²) in [6, 6.07) is 5.24. The third kappa shape index (κ3) is 3.09. The molecule has 1 aliphatic heterocycles. The molecule has 1 fully saturated rings. The Morgan fingerprint density at radius 3 is 2.39 bits per heavy atom. The highest BCUT2D eigenvalue weighted by Gasteiger charge is 2.31. The Morgan fingerprint density at radius 1 is 1.22 bits per heavy atom. The fourth-order valence-corrected chi connectivity index (χ4v) is 5.77. The zero-order valence-electron chi connectivity index (χ0n) is 11.1. The van der Waals surface area contributed by atoms with E-state index in [-0.39, 0.29) is 0 Å². The number of thioether (sulfide) groups is 2. The van der Waals surface area contributed by atoms with Gasteiger partial charge in [0.1, 0.15) is 5.75 Å². The number of anilines is 1. The largest absolute Gasteiger partial charge is 0.508 e. The highest BCUT2D eigenvalue weighted by molar-refractivity contribution is 8.16. The van der Waals surface area contributed by atoms with Crippen molar-refractivity contribution in [3.05, 3.63) is 23.8 Å². The number of nitrogens with two attached hydrogens (primary N) is 1. The fourth-order valence-electron chi connectivity index (χ4n) is 1.95. The van der Waals surface area contributed by atoms with Crippen LogP contribution in [0.5, 0.6) is 5.75 Å². The maximum Gasteiger partial charge on any atom is 0.116 e. The molecule has 0 atom stereocenters. The van der Waals surface area contributed by atoms with E-state index in [0.717, 1.165) is 28.7 Å². The Bertz CT molecular complexity index is 420. The molecule has 100 valence electrons. The summed E-state index contributed by atoms with van der Waals surface area (Å²) in [4.78, 5) is 0. The summed E-state index contributed by atoms with van der Waals surface area (Å²) in [7, 11) is 0. The van der Waals surface area contributed by atoms with Gasteiger partial charge in [0.15, 0.2) is 0 Å². The molecule has 1 aromatic carbocycles. The van der Waals surface area contributed by atoms with E-state index in [2.05, 4.69) is 20.8 Å². The third-order valence-electron chi connectivity index (χ3n) is 3.45. The summed E-state index contributed by atoms with van der Waals surface area (Å²) in [5, 5.41) is 9.58. The van der Waals surface area contributed by atoms with Gasteiger partial charge in [0, 0.05) is 11.3 Å². The van der Waals surface area contributed by atoms with Crippen LogP contribution in [-0.4, -0.2) is 16.6 Å². The van der Waals surface area contributed by atoms with Gasteiger partial charge in [0.25, 0.3) is 0 Å². The number of phenolic OH excluding ortho intramolecular Hbond substituents is 1. The van der Waals surface area contributed by atoms with Crippen molar-refractivity contribution in [3.63, 3.8) is 0 Å². The van der Waals surface area contributed by atoms with E-state index in [0.29, 0.717) is 15.7 Å². The van der Waals surface area contributed by atoms with Crippen molar-refractivity contribution < 1.29 is 5.11 Å². The van der Waals surface area contributed by atoms with Gasteiger partial charge in [-0.3, -0.25) is 0 Å². The number of hydrogen-bond acceptors (Lipinski definition) is 4. The van der Waals surface area contributed by atoms with E-state index in [1.54, 1.807) is 18.2 Å². The van der Waals surface area contributed by atoms with E-state index < -0.39 is 0 Å². The minimum atomic E-state index is 0.304. The molecule has 2 rings (SSSR count). The number of aromatic hydroxyl groups is 1. The average Bonchev–Trinajstić information content (AvgIpc) is 2.31. The Hall–Kier alpha value is -0.480. The van der Waals surface area contributed by atoms with Crippen molar-refractivity contribution in [1.29, 1.82) is 0 Å². The second-order valence-electron chi connectivity index (χ2n) is 5.87. The maximum atomic E-state index is 9.58. The first kappa shape index (κ1) is 13.9. The summed E-state index contributed by atoms with van der Waals surface area (Å²) in [6.45, 7) is 6.92. The number of rotatable bonds is 1. The summed E-state index contributed by atoms with van der Waals surface area (Å²) in [5.41, 5.74) is 8.22. The maximum absolute atomic E-state index is 9.58. The summed E-state index contributed by atoms with van der Waals surface area (Å²) in [6.07, 6.45) is 0. The molecule has 1 aromatic rings. The van der Waals surface area contributed by atoms with Crippen molar-refractivity contribution in [1.82, 2.24) is 0 Å². The van der Waals surface area contributed by atoms with E-state index >= 15 is 0 Å². The summed E-state index contributed by atoms with van der Waals surface area (Å²) in [5.74, 6) is 3.37. The minimum Gasteiger partial charge on any atom is -0.508 e. The minimum absolute atomic E-state index is 0.304. The van der Waals surface area contributed by atoms with Gasteiger partial charge >= 0.3 is 0 Å². The second-order valence-corrected chi connectivity index (χ2v) is 8.45. The normalized spacial score (nSPS) is 25.1. The molecule has 1 heterocycles. The monoisotopic (exact) mass is 283 g/mol. The predicted octanol–water partition coefficient (Wildman–Crippen LogP) is 4.12. The van der Waals surface area contributed by atoms with Crippen LogP contribution in [0.1, 0.15) is 30.9 Å². The number of phenols is 1. The van der Waals surface area contributed by atoms with Crippen LogP contribution in [0.4, 0.5) is 5.69 Å². The topological polar surface area (TPSA) is 46.2 Å². The zero-order chi connectivity index (χ0) is 13.3. The summed E-state index contributed by atoms with van der Waals surface area (Å²) >= 11 is 3.89. The van der Waals surface area contributed by atoms with Gasteiger partial charge < -0.3 is 10.8 Å². The number of nitrogen functional groups attached to an aromatic ring is 1. The zero-order valence-corrected chi connectivity index (χ0v) is 12.8. The molecule has 0 saturated carbocycles. The molecule has 1 aliphatic rings. The molecule has 18 heavy (non-hydrogen) atoms. The number of benzene rings is 1. The molecule has 3 N–H and O–H groups in total. The third-order valence-corrected chi connectivity index (χ3v) is 6.57. The molecule has 0 amide bonds. The standard InChI is InChI=1S/C14H21NOS2/c1-14(2,3)9-7-17-13(18-8-9)11-6-10(16)4-5-12(11)15/h4-6,9,13,16H,7-8,15H2,1-3H3. The lowest BCUT2D eigenvalue weighted by atomic mass is 9.83. The van der Waals surface area contributed by atoms with Gasteiger partial charge in [-0.2, -0.15) is 0 Å². The Balaban J connectivity index is 2.08. The van der Waals surface area contributed by atoms with Gasteiger partial charge in [-0.1, -0.05) is 20.8 Å². The average molecular weight is 283 g/mol. The van der Waals surface area contributed by atoms with Crippen LogP contribution in [0.15, 0.2) is 18.2 Å². The summed E-state index contributed by atoms with van der Waals surface area (Å²) < 4.78 is 0.357. The van der Waals surface area contributed by atoms with Crippen LogP contribution in [0, 0.1) is 11.3 Å². The SMILES string of the molecule is CC(C)(C)C1CSC(c2cc(O)ccc2N)SC1. The molecule has 4 heteroatoms. The Kier molecular flexibility index (Phi) is 4.07. The van der Waals surface area contributed by atoms with E-state index in [1.165, 1.54) is 0 Å². The van der Waals surface area contributed by atoms with Gasteiger partial charge in [0.2, 0.25) is 0 Å². The van der Waals surface area contributed by atoms with Crippen molar-refractivity contribution >= 4 is 29.2 Å². The molecular formula is C14H21NOS2. The van der Waals surface area contributed by atoms with E-state index in [1.807, 2.05) is 23.5 Å². The van der Waals surface area contributed by atoms with Gasteiger partial charge in [-0.25, -0.2) is 0 Å². The first-order chi connectivity index (χ1) is 8.38. The lowest BCUT2D eigenvalue weighted by Gasteiger charge is -2.36. The molecular weight excluding hydrogens is 262 g/mol. The van der Waals surface area contributed by atoms with Crippen molar-refractivity contribution in [2.24, 2.45) is 11.3 Å². The molecule has 0 radical (unpaired) electrons. The van der Waals surface area contributed by atoms with Crippen LogP contribution in [-0.2, 0) is 0 Å². The first-order valence-corrected chi connectivity index (χ1v) is 8.29. The Morgan fingerprint density at radius 2 is 1.83 bits per heavy atom. The van der Waals surface area contributed by atoms with Crippen LogP contribution < -0.4 is 5.73 Å². The van der Waals surface area contributed by atoms with Crippen molar-refractivity contribution in [2.45, 2.75) is 25.4 Å². The predicted molar refractivity (Wildman–Crippen MR) is 83.1 cm³/mol. The van der Waals surface area contributed by atoms with E-state index in [9.17, 15) is 5.11 Å². The molecule has 0 aliphatic carbocycles. The lowest BCUT2D eigenvalue weighted by molar-refractivity contribution is 0.292. The first-order valence-electron chi connectivity index (χ1n) is 6.19. The van der Waals surface area contributed by atoms with Crippen LogP contribution in [0.2, 0.25) is 0 Å². The molecule has 0 spiro atoms. The van der Waals surface area contributed by atoms with Crippen LogP contribution in [0.3, 0.4) is 0 Å². The van der Waals surface area contributed by atoms with Crippen LogP contribution in [0.25, 0.3) is 0 Å². The van der Waals surface area contributed by atoms with Crippen molar-refractivity contribution in [2.75, 3.05) is 17.2 Å². The Labute approximate surface area is 118 Å². The smallest absolute Gasteiger partial charge is 0.116 e. The highest BCUT2D eigenvalue weighted by Crippen LogP contribution is 2.50. The quantitative estimate of drug-likeness (QED) is 0.601. The lowest BCUT2D eigenvalue weighted by Crippen LogP contribution is -2.28. The fraction of sp³-hybridized carbons (Fsp3) is 0.571. The second kappa shape index (κ2) is 5.25. The molecule has 0 unspecified atom stereocenters. The van der Waals surface area contributed by atoms with Crippen LogP contribution >= 0.6 is 23.5 Å². The number of hydrogen-bond donors (Lipinski definition) is 2. The molecule has 0 bridgehead atoms. The van der Waals surface area contributed by atoms with Gasteiger partial charge in [0.05, 0.1) is 4.58 Å². The van der Waals surface area contributed by atoms with Gasteiger partial charge in [-0.15, -0.1) is 23.5 Å². The molecule has 1 saturated heterocycles. The van der Waals surface area contributed by atoms with E-state index in [4.69, 9.17) is 5.73 Å².